The monoisotopic (exact) mass is 471 g/mol. The van der Waals surface area contributed by atoms with Crippen LogP contribution in [0.25, 0.3) is 22.3 Å². The molecule has 2 aromatic heterocycles. The van der Waals surface area contributed by atoms with E-state index in [9.17, 15) is 9.18 Å². The summed E-state index contributed by atoms with van der Waals surface area (Å²) in [5.41, 5.74) is 3.76. The van der Waals surface area contributed by atoms with Crippen LogP contribution in [0.4, 0.5) is 27.4 Å². The van der Waals surface area contributed by atoms with Gasteiger partial charge in [-0.15, -0.1) is 5.10 Å². The zero-order valence-electron chi connectivity index (χ0n) is 19.4. The summed E-state index contributed by atoms with van der Waals surface area (Å²) < 4.78 is 14.6. The second kappa shape index (κ2) is 9.54. The molecule has 178 valence electrons. The van der Waals surface area contributed by atoms with Gasteiger partial charge in [0.25, 0.3) is 0 Å². The smallest absolute Gasteiger partial charge is 0.247 e. The lowest BCUT2D eigenvalue weighted by molar-refractivity contribution is -0.111. The number of carbonyl (C=O) groups excluding carboxylic acids is 1. The summed E-state index contributed by atoms with van der Waals surface area (Å²) in [7, 11) is 0. The Balaban J connectivity index is 1.48. The minimum atomic E-state index is -0.691. The van der Waals surface area contributed by atoms with E-state index in [4.69, 9.17) is 0 Å². The van der Waals surface area contributed by atoms with Gasteiger partial charge in [0, 0.05) is 35.7 Å². The van der Waals surface area contributed by atoms with Gasteiger partial charge in [-0.3, -0.25) is 9.89 Å². The lowest BCUT2D eigenvalue weighted by atomic mass is 9.99. The standard InChI is InChI=1S/C26H26FN7O/c1-3-21(35)28-18-7-4-6-17(14-18)23-22-24(27)32-33-25(22)31-26(30-23)29-19-8-5-9-20(15-19)34-12-10-16(2)11-13-34/h3-9,14-16H,1,10-13H2,2H3,(H,28,35)(H2,29,30,31,32,33). The lowest BCUT2D eigenvalue weighted by Crippen LogP contribution is -2.32. The number of amides is 1. The predicted octanol–water partition coefficient (Wildman–Crippen LogP) is 5.26. The van der Waals surface area contributed by atoms with Crippen molar-refractivity contribution in [2.45, 2.75) is 19.8 Å². The van der Waals surface area contributed by atoms with Gasteiger partial charge in [-0.05, 0) is 55.2 Å². The molecular weight excluding hydrogens is 445 g/mol. The number of hydrogen-bond donors (Lipinski definition) is 3. The van der Waals surface area contributed by atoms with Crippen LogP contribution in [0, 0.1) is 11.9 Å². The summed E-state index contributed by atoms with van der Waals surface area (Å²) in [6.45, 7) is 7.82. The van der Waals surface area contributed by atoms with Crippen LogP contribution in [0.3, 0.4) is 0 Å². The number of aromatic amines is 1. The average molecular weight is 472 g/mol. The Morgan fingerprint density at radius 3 is 2.71 bits per heavy atom. The predicted molar refractivity (Wildman–Crippen MR) is 136 cm³/mol. The van der Waals surface area contributed by atoms with Gasteiger partial charge in [0.1, 0.15) is 5.39 Å². The first-order valence-electron chi connectivity index (χ1n) is 11.6. The Bertz CT molecular complexity index is 1390. The van der Waals surface area contributed by atoms with Gasteiger partial charge in [-0.1, -0.05) is 31.7 Å². The highest BCUT2D eigenvalue weighted by atomic mass is 19.1. The van der Waals surface area contributed by atoms with Crippen LogP contribution in [0.2, 0.25) is 0 Å². The number of benzene rings is 2. The maximum Gasteiger partial charge on any atom is 0.247 e. The van der Waals surface area contributed by atoms with Crippen LogP contribution < -0.4 is 15.5 Å². The number of rotatable bonds is 6. The molecule has 3 N–H and O–H groups in total. The third kappa shape index (κ3) is 4.84. The number of halogens is 1. The lowest BCUT2D eigenvalue weighted by Gasteiger charge is -2.32. The number of hydrogen-bond acceptors (Lipinski definition) is 6. The van der Waals surface area contributed by atoms with E-state index in [1.807, 2.05) is 12.1 Å². The van der Waals surface area contributed by atoms with Crippen molar-refractivity contribution >= 4 is 40.0 Å². The third-order valence-corrected chi connectivity index (χ3v) is 6.22. The molecule has 1 saturated heterocycles. The number of nitrogens with zero attached hydrogens (tertiary/aromatic N) is 4. The van der Waals surface area contributed by atoms with Crippen LogP contribution >= 0.6 is 0 Å². The molecule has 8 nitrogen and oxygen atoms in total. The highest BCUT2D eigenvalue weighted by Gasteiger charge is 2.19. The first-order chi connectivity index (χ1) is 17.0. The summed E-state index contributed by atoms with van der Waals surface area (Å²) >= 11 is 0. The van der Waals surface area contributed by atoms with Crippen LogP contribution in [-0.4, -0.2) is 39.2 Å². The van der Waals surface area contributed by atoms with Gasteiger partial charge in [0.05, 0.1) is 5.69 Å². The first-order valence-corrected chi connectivity index (χ1v) is 11.6. The molecule has 0 saturated carbocycles. The zero-order valence-corrected chi connectivity index (χ0v) is 19.4. The van der Waals surface area contributed by atoms with E-state index >= 15 is 0 Å². The Morgan fingerprint density at radius 1 is 1.14 bits per heavy atom. The molecule has 1 aliphatic heterocycles. The maximum atomic E-state index is 14.6. The molecule has 1 fully saturated rings. The van der Waals surface area contributed by atoms with Crippen molar-refractivity contribution in [2.24, 2.45) is 5.92 Å². The fraction of sp³-hybridized carbons (Fsp3) is 0.231. The van der Waals surface area contributed by atoms with Gasteiger partial charge in [0.15, 0.2) is 5.65 Å². The zero-order chi connectivity index (χ0) is 24.4. The Kier molecular flexibility index (Phi) is 6.13. The molecule has 0 atom stereocenters. The molecule has 1 aliphatic rings. The molecule has 5 rings (SSSR count). The molecule has 1 amide bonds. The molecule has 3 heterocycles. The minimum Gasteiger partial charge on any atom is -0.371 e. The number of anilines is 4. The Hall–Kier alpha value is -4.27. The maximum absolute atomic E-state index is 14.6. The van der Waals surface area contributed by atoms with E-state index in [2.05, 4.69) is 61.3 Å². The summed E-state index contributed by atoms with van der Waals surface area (Å²) in [5, 5.41) is 12.5. The number of H-pyrrole nitrogens is 1. The van der Waals surface area contributed by atoms with Crippen molar-refractivity contribution in [1.29, 1.82) is 0 Å². The van der Waals surface area contributed by atoms with Gasteiger partial charge in [-0.25, -0.2) is 4.98 Å². The second-order valence-corrected chi connectivity index (χ2v) is 8.75. The van der Waals surface area contributed by atoms with Gasteiger partial charge < -0.3 is 15.5 Å². The van der Waals surface area contributed by atoms with Crippen molar-refractivity contribution in [2.75, 3.05) is 28.6 Å². The average Bonchev–Trinajstić information content (AvgIpc) is 3.24. The summed E-state index contributed by atoms with van der Waals surface area (Å²) in [4.78, 5) is 23.2. The summed E-state index contributed by atoms with van der Waals surface area (Å²) in [6, 6.07) is 15.1. The fourth-order valence-corrected chi connectivity index (χ4v) is 4.27. The Morgan fingerprint density at radius 2 is 1.91 bits per heavy atom. The summed E-state index contributed by atoms with van der Waals surface area (Å²) in [6.07, 6.45) is 3.54. The van der Waals surface area contributed by atoms with Gasteiger partial charge in [-0.2, -0.15) is 9.37 Å². The van der Waals surface area contributed by atoms with E-state index < -0.39 is 5.95 Å². The highest BCUT2D eigenvalue weighted by molar-refractivity contribution is 6.00. The van der Waals surface area contributed by atoms with E-state index in [1.165, 1.54) is 18.9 Å². The minimum absolute atomic E-state index is 0.180. The van der Waals surface area contributed by atoms with Crippen molar-refractivity contribution in [3.63, 3.8) is 0 Å². The van der Waals surface area contributed by atoms with Crippen LogP contribution in [0.1, 0.15) is 19.8 Å². The van der Waals surface area contributed by atoms with Crippen LogP contribution in [-0.2, 0) is 4.79 Å². The number of aromatic nitrogens is 4. The molecule has 0 bridgehead atoms. The molecule has 0 spiro atoms. The Labute approximate surface area is 202 Å². The van der Waals surface area contributed by atoms with Crippen molar-refractivity contribution < 1.29 is 9.18 Å². The van der Waals surface area contributed by atoms with Gasteiger partial charge in [0.2, 0.25) is 17.8 Å². The third-order valence-electron chi connectivity index (χ3n) is 6.22. The molecule has 2 aromatic carbocycles. The number of piperidine rings is 1. The molecule has 0 radical (unpaired) electrons. The number of carbonyl (C=O) groups is 1. The van der Waals surface area contributed by atoms with E-state index in [-0.39, 0.29) is 16.9 Å². The van der Waals surface area contributed by atoms with Gasteiger partial charge >= 0.3 is 0 Å². The molecule has 0 unspecified atom stereocenters. The fourth-order valence-electron chi connectivity index (χ4n) is 4.27. The summed E-state index contributed by atoms with van der Waals surface area (Å²) in [5.74, 6) is 0.0314. The number of fused-ring (bicyclic) bond motifs is 1. The normalized spacial score (nSPS) is 14.2. The second-order valence-electron chi connectivity index (χ2n) is 8.75. The SMILES string of the molecule is C=CC(=O)Nc1cccc(-c2nc(Nc3cccc(N4CCC(C)CC4)c3)nc3[nH]nc(F)c23)c1. The van der Waals surface area contributed by atoms with E-state index in [0.29, 0.717) is 22.9 Å². The van der Waals surface area contributed by atoms with E-state index in [0.717, 1.165) is 30.4 Å². The molecule has 35 heavy (non-hydrogen) atoms. The molecule has 9 heteroatoms. The molecule has 4 aromatic rings. The largest absolute Gasteiger partial charge is 0.371 e. The topological polar surface area (TPSA) is 98.8 Å². The van der Waals surface area contributed by atoms with E-state index in [1.54, 1.807) is 24.3 Å². The quantitative estimate of drug-likeness (QED) is 0.332. The number of nitrogens with one attached hydrogen (secondary N) is 3. The highest BCUT2D eigenvalue weighted by Crippen LogP contribution is 2.31. The van der Waals surface area contributed by atoms with Crippen LogP contribution in [0.5, 0.6) is 0 Å². The first kappa shape index (κ1) is 22.5. The van der Waals surface area contributed by atoms with Crippen molar-refractivity contribution in [3.05, 3.63) is 67.1 Å². The molecular formula is C26H26FN7O. The molecule has 0 aliphatic carbocycles. The van der Waals surface area contributed by atoms with Crippen molar-refractivity contribution in [3.8, 4) is 11.3 Å². The van der Waals surface area contributed by atoms with Crippen LogP contribution in [0.15, 0.2) is 61.2 Å². The van der Waals surface area contributed by atoms with Crippen molar-refractivity contribution in [1.82, 2.24) is 20.2 Å².